The predicted molar refractivity (Wildman–Crippen MR) is 131 cm³/mol. The molecule has 0 saturated carbocycles. The van der Waals surface area contributed by atoms with E-state index in [0.717, 1.165) is 0 Å². The third-order valence-corrected chi connectivity index (χ3v) is 3.71. The zero-order valence-corrected chi connectivity index (χ0v) is 19.8. The van der Waals surface area contributed by atoms with Crippen molar-refractivity contribution in [3.8, 4) is 0 Å². The van der Waals surface area contributed by atoms with Crippen LogP contribution in [0, 0.1) is 0 Å². The number of rotatable bonds is 7. The minimum absolute atomic E-state index is 0.0522. The molecule has 2 N–H and O–H groups in total. The van der Waals surface area contributed by atoms with E-state index in [4.69, 9.17) is 0 Å². The van der Waals surface area contributed by atoms with E-state index in [0.29, 0.717) is 11.1 Å². The SMILES string of the molecule is C=C(NC(=O)c1ccccc1)C(=O)OC.C=C/C=C(\NC(=O)c1ccccc1)C(=O)OC.CC. The molecule has 0 aliphatic rings. The lowest BCUT2D eigenvalue weighted by Crippen LogP contribution is -2.28. The van der Waals surface area contributed by atoms with Crippen LogP contribution in [0.4, 0.5) is 0 Å². The fourth-order valence-corrected chi connectivity index (χ4v) is 2.15. The van der Waals surface area contributed by atoms with Crippen LogP contribution in [0.25, 0.3) is 0 Å². The highest BCUT2D eigenvalue weighted by Crippen LogP contribution is 2.02. The van der Waals surface area contributed by atoms with Crippen LogP contribution in [0.2, 0.25) is 0 Å². The summed E-state index contributed by atoms with van der Waals surface area (Å²) in [6, 6.07) is 17.1. The molecule has 0 bridgehead atoms. The van der Waals surface area contributed by atoms with Gasteiger partial charge in [0, 0.05) is 11.1 Å². The highest BCUT2D eigenvalue weighted by Gasteiger charge is 2.13. The maximum atomic E-state index is 11.8. The van der Waals surface area contributed by atoms with Crippen molar-refractivity contribution in [2.45, 2.75) is 13.8 Å². The molecule has 8 nitrogen and oxygen atoms in total. The molecule has 0 aromatic heterocycles. The number of carbonyl (C=O) groups is 4. The molecule has 0 aliphatic carbocycles. The molecule has 0 spiro atoms. The summed E-state index contributed by atoms with van der Waals surface area (Å²) in [5.41, 5.74) is 0.900. The molecular weight excluding hydrogens is 436 g/mol. The lowest BCUT2D eigenvalue weighted by Gasteiger charge is -2.07. The van der Waals surface area contributed by atoms with E-state index in [1.54, 1.807) is 60.7 Å². The van der Waals surface area contributed by atoms with Gasteiger partial charge in [0.15, 0.2) is 0 Å². The average molecular weight is 467 g/mol. The van der Waals surface area contributed by atoms with Gasteiger partial charge in [-0.05, 0) is 30.3 Å². The second kappa shape index (κ2) is 17.1. The molecule has 0 aliphatic heterocycles. The highest BCUT2D eigenvalue weighted by atomic mass is 16.5. The summed E-state index contributed by atoms with van der Waals surface area (Å²) in [5.74, 6) is -2.02. The Bertz CT molecular complexity index is 998. The molecule has 2 rings (SSSR count). The Morgan fingerprint density at radius 2 is 1.15 bits per heavy atom. The first kappa shape index (κ1) is 29.5. The van der Waals surface area contributed by atoms with Crippen molar-refractivity contribution >= 4 is 23.8 Å². The van der Waals surface area contributed by atoms with Crippen molar-refractivity contribution in [2.24, 2.45) is 0 Å². The topological polar surface area (TPSA) is 111 Å². The van der Waals surface area contributed by atoms with Crippen LogP contribution in [-0.2, 0) is 19.1 Å². The van der Waals surface area contributed by atoms with Gasteiger partial charge in [0.1, 0.15) is 11.4 Å². The predicted octanol–water partition coefficient (Wildman–Crippen LogP) is 3.79. The molecule has 0 fully saturated rings. The number of allylic oxidation sites excluding steroid dienone is 2. The number of hydrogen-bond donors (Lipinski definition) is 2. The van der Waals surface area contributed by atoms with E-state index in [1.807, 2.05) is 13.8 Å². The molecule has 2 aromatic rings. The summed E-state index contributed by atoms with van der Waals surface area (Å²) < 4.78 is 8.93. The molecule has 8 heteroatoms. The zero-order chi connectivity index (χ0) is 25.9. The Kier molecular flexibility index (Phi) is 14.9. The van der Waals surface area contributed by atoms with Gasteiger partial charge in [0.05, 0.1) is 14.2 Å². The maximum absolute atomic E-state index is 11.8. The van der Waals surface area contributed by atoms with Crippen LogP contribution < -0.4 is 10.6 Å². The molecule has 0 radical (unpaired) electrons. The Morgan fingerprint density at radius 1 is 0.735 bits per heavy atom. The molecule has 34 heavy (non-hydrogen) atoms. The van der Waals surface area contributed by atoms with Gasteiger partial charge >= 0.3 is 11.9 Å². The third kappa shape index (κ3) is 10.7. The van der Waals surface area contributed by atoms with Crippen LogP contribution in [-0.4, -0.2) is 38.0 Å². The molecule has 2 aromatic carbocycles. The quantitative estimate of drug-likeness (QED) is 0.365. The first-order chi connectivity index (χ1) is 16.3. The smallest absolute Gasteiger partial charge is 0.354 e. The van der Waals surface area contributed by atoms with E-state index in [9.17, 15) is 19.2 Å². The average Bonchev–Trinajstić information content (AvgIpc) is 2.89. The molecule has 0 heterocycles. The Balaban J connectivity index is 0.000000601. The van der Waals surface area contributed by atoms with Gasteiger partial charge in [-0.2, -0.15) is 0 Å². The van der Waals surface area contributed by atoms with Crippen molar-refractivity contribution in [1.29, 1.82) is 0 Å². The molecule has 0 unspecified atom stereocenters. The normalized spacial score (nSPS) is 9.47. The summed E-state index contributed by atoms with van der Waals surface area (Å²) in [6.07, 6.45) is 2.78. The maximum Gasteiger partial charge on any atom is 0.354 e. The Morgan fingerprint density at radius 3 is 1.53 bits per heavy atom. The molecule has 180 valence electrons. The van der Waals surface area contributed by atoms with Crippen molar-refractivity contribution in [3.05, 3.63) is 108 Å². The van der Waals surface area contributed by atoms with Crippen LogP contribution in [0.3, 0.4) is 0 Å². The monoisotopic (exact) mass is 466 g/mol. The van der Waals surface area contributed by atoms with Gasteiger partial charge in [0.25, 0.3) is 11.8 Å². The number of ether oxygens (including phenoxy) is 2. The molecular formula is C26H30N2O6. The minimum atomic E-state index is -0.653. The zero-order valence-electron chi connectivity index (χ0n) is 19.8. The first-order valence-electron chi connectivity index (χ1n) is 10.2. The summed E-state index contributed by atoms with van der Waals surface area (Å²) >= 11 is 0. The number of amides is 2. The van der Waals surface area contributed by atoms with Crippen molar-refractivity contribution in [3.63, 3.8) is 0 Å². The molecule has 2 amide bonds. The number of carbonyl (C=O) groups excluding carboxylic acids is 4. The van der Waals surface area contributed by atoms with E-state index in [2.05, 4.69) is 33.3 Å². The second-order valence-corrected chi connectivity index (χ2v) is 5.92. The highest BCUT2D eigenvalue weighted by molar-refractivity contribution is 6.01. The fourth-order valence-electron chi connectivity index (χ4n) is 2.15. The second-order valence-electron chi connectivity index (χ2n) is 5.92. The van der Waals surface area contributed by atoms with Crippen LogP contribution >= 0.6 is 0 Å². The number of esters is 2. The molecule has 0 atom stereocenters. The van der Waals surface area contributed by atoms with Crippen molar-refractivity contribution in [1.82, 2.24) is 10.6 Å². The summed E-state index contributed by atoms with van der Waals surface area (Å²) in [7, 11) is 2.47. The van der Waals surface area contributed by atoms with Gasteiger partial charge in [-0.1, -0.05) is 69.5 Å². The van der Waals surface area contributed by atoms with E-state index in [-0.39, 0.29) is 23.2 Å². The van der Waals surface area contributed by atoms with Crippen LogP contribution in [0.5, 0.6) is 0 Å². The van der Waals surface area contributed by atoms with Gasteiger partial charge in [-0.3, -0.25) is 9.59 Å². The van der Waals surface area contributed by atoms with Crippen LogP contribution in [0.1, 0.15) is 34.6 Å². The summed E-state index contributed by atoms with van der Waals surface area (Å²) in [5, 5.41) is 4.80. The molecule has 0 saturated heterocycles. The van der Waals surface area contributed by atoms with Gasteiger partial charge < -0.3 is 20.1 Å². The number of methoxy groups -OCH3 is 2. The fraction of sp³-hybridized carbons (Fsp3) is 0.154. The lowest BCUT2D eigenvalue weighted by atomic mass is 10.2. The minimum Gasteiger partial charge on any atom is -0.464 e. The number of nitrogens with one attached hydrogen (secondary N) is 2. The van der Waals surface area contributed by atoms with Gasteiger partial charge in [0.2, 0.25) is 0 Å². The van der Waals surface area contributed by atoms with Gasteiger partial charge in [-0.15, -0.1) is 0 Å². The van der Waals surface area contributed by atoms with Crippen molar-refractivity contribution < 1.29 is 28.7 Å². The number of hydrogen-bond acceptors (Lipinski definition) is 6. The third-order valence-electron chi connectivity index (χ3n) is 3.71. The Hall–Kier alpha value is -4.46. The largest absolute Gasteiger partial charge is 0.464 e. The van der Waals surface area contributed by atoms with Gasteiger partial charge in [-0.25, -0.2) is 9.59 Å². The lowest BCUT2D eigenvalue weighted by molar-refractivity contribution is -0.137. The Labute approximate surface area is 200 Å². The first-order valence-corrected chi connectivity index (χ1v) is 10.2. The summed E-state index contributed by atoms with van der Waals surface area (Å²) in [4.78, 5) is 45.5. The van der Waals surface area contributed by atoms with E-state index < -0.39 is 11.9 Å². The van der Waals surface area contributed by atoms with E-state index in [1.165, 1.54) is 26.4 Å². The summed E-state index contributed by atoms with van der Waals surface area (Å²) in [6.45, 7) is 10.8. The van der Waals surface area contributed by atoms with Crippen molar-refractivity contribution in [2.75, 3.05) is 14.2 Å². The standard InChI is InChI=1S/C13H13NO3.C11H11NO3.C2H6/c1-3-7-11(13(16)17-2)14-12(15)10-8-5-4-6-9-10;1-8(11(14)15-2)12-10(13)9-6-4-3-5-7-9;1-2/h3-9H,1H2,2H3,(H,14,15);3-7H,1H2,2H3,(H,12,13);1-2H3/b11-7-;;. The van der Waals surface area contributed by atoms with E-state index >= 15 is 0 Å². The number of benzene rings is 2. The van der Waals surface area contributed by atoms with Crippen LogP contribution in [0.15, 0.2) is 97.4 Å².